The normalized spacial score (nSPS) is 11.6. The van der Waals surface area contributed by atoms with E-state index in [1.165, 1.54) is 0 Å². The number of nitrogens with zero attached hydrogens (tertiary/aromatic N) is 2. The molecule has 0 aliphatic heterocycles. The fourth-order valence-electron chi connectivity index (χ4n) is 3.20. The zero-order valence-electron chi connectivity index (χ0n) is 17.8. The quantitative estimate of drug-likeness (QED) is 0.375. The van der Waals surface area contributed by atoms with Gasteiger partial charge in [0.2, 0.25) is 0 Å². The average Bonchev–Trinajstić information content (AvgIpc) is 3.11. The van der Waals surface area contributed by atoms with E-state index in [1.54, 1.807) is 44.2 Å². The number of aryl methyl sites for hydroxylation is 1. The van der Waals surface area contributed by atoms with Gasteiger partial charge in [0.1, 0.15) is 5.76 Å². The minimum absolute atomic E-state index is 0.106. The molecule has 0 radical (unpaired) electrons. The first-order valence-corrected chi connectivity index (χ1v) is 11.9. The smallest absolute Gasteiger partial charge is 0.268 e. The lowest BCUT2D eigenvalue weighted by Gasteiger charge is -2.20. The van der Waals surface area contributed by atoms with Crippen molar-refractivity contribution in [2.75, 3.05) is 10.7 Å². The number of sulfonamides is 1. The molecule has 0 fully saturated rings. The predicted molar refractivity (Wildman–Crippen MR) is 123 cm³/mol. The van der Waals surface area contributed by atoms with Crippen LogP contribution in [0.4, 0.5) is 5.82 Å². The third-order valence-corrected chi connectivity index (χ3v) is 7.69. The molecule has 9 heteroatoms. The minimum atomic E-state index is -3.95. The first-order chi connectivity index (χ1) is 14.8. The van der Waals surface area contributed by atoms with Gasteiger partial charge >= 0.3 is 0 Å². The highest BCUT2D eigenvalue weighted by atomic mass is 32.2. The van der Waals surface area contributed by atoms with Gasteiger partial charge in [0, 0.05) is 17.7 Å². The molecule has 0 aliphatic carbocycles. The summed E-state index contributed by atoms with van der Waals surface area (Å²) in [5.74, 6) is 0.778. The summed E-state index contributed by atoms with van der Waals surface area (Å²) in [6.07, 6.45) is 0.873. The standard InChI is InChI=1S/C22H27N2O5PS/c1-4-11-28-14-18-12-17(13-25)9-10-19(18)20-7-5-6-8-21(20)31(26,27)24(30)22-15(2)16(3)29-23-22/h5-10,12,25H,4,11,13-14,30H2,1-3H3. The highest BCUT2D eigenvalue weighted by molar-refractivity contribution is 7.96. The number of benzene rings is 2. The molecule has 7 nitrogen and oxygen atoms in total. The van der Waals surface area contributed by atoms with Gasteiger partial charge in [-0.2, -0.15) is 0 Å². The molecule has 0 amide bonds. The van der Waals surface area contributed by atoms with Gasteiger partial charge in [-0.25, -0.2) is 12.5 Å². The molecule has 31 heavy (non-hydrogen) atoms. The first kappa shape index (κ1) is 23.4. The summed E-state index contributed by atoms with van der Waals surface area (Å²) in [6, 6.07) is 12.3. The molecule has 1 N–H and O–H groups in total. The lowest BCUT2D eigenvalue weighted by atomic mass is 9.98. The Hall–Kier alpha value is -2.25. The highest BCUT2D eigenvalue weighted by Crippen LogP contribution is 2.36. The van der Waals surface area contributed by atoms with Gasteiger partial charge < -0.3 is 14.4 Å². The molecule has 1 unspecified atom stereocenters. The maximum absolute atomic E-state index is 13.5. The van der Waals surface area contributed by atoms with E-state index in [0.29, 0.717) is 30.1 Å². The van der Waals surface area contributed by atoms with Crippen LogP contribution in [0.5, 0.6) is 0 Å². The zero-order chi connectivity index (χ0) is 22.6. The maximum atomic E-state index is 13.5. The number of hydrogen-bond acceptors (Lipinski definition) is 6. The third-order valence-electron chi connectivity index (χ3n) is 5.01. The first-order valence-electron chi connectivity index (χ1n) is 9.94. The Morgan fingerprint density at radius 1 is 1.16 bits per heavy atom. The fourth-order valence-corrected chi connectivity index (χ4v) is 5.10. The molecule has 0 bridgehead atoms. The van der Waals surface area contributed by atoms with Gasteiger partial charge in [0.25, 0.3) is 10.0 Å². The number of rotatable bonds is 9. The van der Waals surface area contributed by atoms with Crippen LogP contribution in [-0.2, 0) is 28.0 Å². The van der Waals surface area contributed by atoms with Gasteiger partial charge in [0.05, 0.1) is 18.1 Å². The molecule has 3 aromatic rings. The molecule has 0 saturated carbocycles. The molecule has 1 atom stereocenters. The number of aliphatic hydroxyl groups excluding tert-OH is 1. The Kier molecular flexibility index (Phi) is 7.49. The van der Waals surface area contributed by atoms with Crippen LogP contribution in [0, 0.1) is 13.8 Å². The molecule has 0 saturated heterocycles. The van der Waals surface area contributed by atoms with E-state index in [1.807, 2.05) is 19.1 Å². The summed E-state index contributed by atoms with van der Waals surface area (Å²) in [7, 11) is -1.73. The molecular weight excluding hydrogens is 435 g/mol. The molecular formula is C22H27N2O5PS. The topological polar surface area (TPSA) is 92.9 Å². The van der Waals surface area contributed by atoms with Crippen LogP contribution >= 0.6 is 9.39 Å². The van der Waals surface area contributed by atoms with Crippen LogP contribution in [0.2, 0.25) is 0 Å². The van der Waals surface area contributed by atoms with Crippen LogP contribution in [0.3, 0.4) is 0 Å². The summed E-state index contributed by atoms with van der Waals surface area (Å²) in [5, 5.41) is 13.4. The summed E-state index contributed by atoms with van der Waals surface area (Å²) in [5.41, 5.74) is 3.48. The van der Waals surface area contributed by atoms with Crippen molar-refractivity contribution < 1.29 is 22.8 Å². The SMILES string of the molecule is CCCOCc1cc(CO)ccc1-c1ccccc1S(=O)(=O)N(P)c1noc(C)c1C. The van der Waals surface area contributed by atoms with Crippen molar-refractivity contribution in [1.29, 1.82) is 0 Å². The van der Waals surface area contributed by atoms with Crippen LogP contribution in [0.15, 0.2) is 51.9 Å². The summed E-state index contributed by atoms with van der Waals surface area (Å²) >= 11 is 0. The van der Waals surface area contributed by atoms with Crippen molar-refractivity contribution in [3.63, 3.8) is 0 Å². The predicted octanol–water partition coefficient (Wildman–Crippen LogP) is 4.36. The summed E-state index contributed by atoms with van der Waals surface area (Å²) in [6.45, 7) is 6.32. The zero-order valence-corrected chi connectivity index (χ0v) is 19.8. The van der Waals surface area contributed by atoms with E-state index in [4.69, 9.17) is 9.26 Å². The van der Waals surface area contributed by atoms with Crippen molar-refractivity contribution in [3.8, 4) is 11.1 Å². The monoisotopic (exact) mass is 462 g/mol. The third kappa shape index (κ3) is 4.83. The fraction of sp³-hybridized carbons (Fsp3) is 0.318. The largest absolute Gasteiger partial charge is 0.392 e. The van der Waals surface area contributed by atoms with E-state index in [-0.39, 0.29) is 17.3 Å². The average molecular weight is 463 g/mol. The Morgan fingerprint density at radius 3 is 2.55 bits per heavy atom. The molecule has 1 aromatic heterocycles. The molecule has 0 aliphatic rings. The second-order valence-electron chi connectivity index (χ2n) is 7.19. The summed E-state index contributed by atoms with van der Waals surface area (Å²) in [4.78, 5) is 0.138. The van der Waals surface area contributed by atoms with Crippen LogP contribution < -0.4 is 4.08 Å². The van der Waals surface area contributed by atoms with Gasteiger partial charge in [-0.05, 0) is 52.4 Å². The highest BCUT2D eigenvalue weighted by Gasteiger charge is 2.29. The van der Waals surface area contributed by atoms with Gasteiger partial charge in [-0.1, -0.05) is 48.5 Å². The van der Waals surface area contributed by atoms with Crippen molar-refractivity contribution in [2.24, 2.45) is 0 Å². The van der Waals surface area contributed by atoms with E-state index >= 15 is 0 Å². The van der Waals surface area contributed by atoms with Crippen LogP contribution in [-0.4, -0.2) is 25.3 Å². The molecule has 3 rings (SSSR count). The number of ether oxygens (including phenoxy) is 1. The van der Waals surface area contributed by atoms with Crippen molar-refractivity contribution in [3.05, 3.63) is 64.9 Å². The minimum Gasteiger partial charge on any atom is -0.392 e. The number of aliphatic hydroxyl groups is 1. The molecule has 1 heterocycles. The molecule has 0 spiro atoms. The molecule has 166 valence electrons. The lowest BCUT2D eigenvalue weighted by molar-refractivity contribution is 0.121. The second-order valence-corrected chi connectivity index (χ2v) is 9.86. The van der Waals surface area contributed by atoms with Gasteiger partial charge in [0.15, 0.2) is 5.82 Å². The maximum Gasteiger partial charge on any atom is 0.268 e. The Morgan fingerprint density at radius 2 is 1.90 bits per heavy atom. The second kappa shape index (κ2) is 9.92. The van der Waals surface area contributed by atoms with E-state index < -0.39 is 10.0 Å². The van der Waals surface area contributed by atoms with Crippen molar-refractivity contribution >= 4 is 25.2 Å². The van der Waals surface area contributed by atoms with E-state index in [9.17, 15) is 13.5 Å². The summed E-state index contributed by atoms with van der Waals surface area (Å²) < 4.78 is 39.0. The Labute approximate surface area is 185 Å². The van der Waals surface area contributed by atoms with Gasteiger partial charge in [-0.15, -0.1) is 0 Å². The van der Waals surface area contributed by atoms with Crippen LogP contribution in [0.1, 0.15) is 35.8 Å². The number of anilines is 1. The number of aromatic nitrogens is 1. The number of hydrogen-bond donors (Lipinski definition) is 1. The van der Waals surface area contributed by atoms with E-state index in [2.05, 4.69) is 14.5 Å². The lowest BCUT2D eigenvalue weighted by Crippen LogP contribution is -2.22. The Bertz CT molecular complexity index is 1160. The molecule has 2 aromatic carbocycles. The Balaban J connectivity index is 2.11. The van der Waals surface area contributed by atoms with Crippen molar-refractivity contribution in [1.82, 2.24) is 5.16 Å². The van der Waals surface area contributed by atoms with Crippen LogP contribution in [0.25, 0.3) is 11.1 Å². The van der Waals surface area contributed by atoms with Gasteiger partial charge in [-0.3, -0.25) is 0 Å². The van der Waals surface area contributed by atoms with E-state index in [0.717, 1.165) is 27.2 Å². The van der Waals surface area contributed by atoms with Crippen molar-refractivity contribution in [2.45, 2.75) is 45.3 Å².